The van der Waals surface area contributed by atoms with E-state index >= 15 is 0 Å². The molecule has 1 aliphatic rings. The zero-order valence-electron chi connectivity index (χ0n) is 8.81. The quantitative estimate of drug-likeness (QED) is 0.825. The molecule has 1 saturated carbocycles. The molecular weight excluding hydrogens is 212 g/mol. The highest BCUT2D eigenvalue weighted by molar-refractivity contribution is 7.89. The molecule has 0 radical (unpaired) electrons. The van der Waals surface area contributed by atoms with Gasteiger partial charge < -0.3 is 5.73 Å². The van der Waals surface area contributed by atoms with Crippen LogP contribution in [0.1, 0.15) is 25.0 Å². The molecule has 0 spiro atoms. The molecule has 1 aromatic rings. The van der Waals surface area contributed by atoms with E-state index < -0.39 is 10.0 Å². The van der Waals surface area contributed by atoms with Crippen molar-refractivity contribution in [1.29, 1.82) is 0 Å². The van der Waals surface area contributed by atoms with E-state index in [9.17, 15) is 8.42 Å². The molecule has 0 aromatic carbocycles. The van der Waals surface area contributed by atoms with Crippen LogP contribution in [-0.4, -0.2) is 24.2 Å². The standard InChI is InChI=1S/C10H16N2O2S/c1-15(13,14)12-8-2-3-9(12)4-5-10(11)6-7-10/h2-3,8H,4-7,11H2,1H3. The molecule has 5 heteroatoms. The van der Waals surface area contributed by atoms with E-state index in [1.54, 1.807) is 12.3 Å². The highest BCUT2D eigenvalue weighted by atomic mass is 32.2. The lowest BCUT2D eigenvalue weighted by Gasteiger charge is -2.10. The summed E-state index contributed by atoms with van der Waals surface area (Å²) in [6.07, 6.45) is 6.52. The highest BCUT2D eigenvalue weighted by Crippen LogP contribution is 2.36. The van der Waals surface area contributed by atoms with Crippen molar-refractivity contribution in [2.75, 3.05) is 6.26 Å². The Kier molecular flexibility index (Phi) is 2.39. The summed E-state index contributed by atoms with van der Waals surface area (Å²) in [4.78, 5) is 0. The van der Waals surface area contributed by atoms with Crippen molar-refractivity contribution in [2.45, 2.75) is 31.2 Å². The molecule has 4 nitrogen and oxygen atoms in total. The van der Waals surface area contributed by atoms with Gasteiger partial charge in [-0.1, -0.05) is 0 Å². The number of aromatic nitrogens is 1. The first-order chi connectivity index (χ1) is 6.91. The van der Waals surface area contributed by atoms with Crippen molar-refractivity contribution in [3.63, 3.8) is 0 Å². The molecule has 0 atom stereocenters. The molecule has 1 aromatic heterocycles. The van der Waals surface area contributed by atoms with Gasteiger partial charge in [-0.05, 0) is 37.8 Å². The minimum Gasteiger partial charge on any atom is -0.325 e. The molecule has 2 rings (SSSR count). The van der Waals surface area contributed by atoms with Crippen LogP contribution in [0, 0.1) is 0 Å². The maximum atomic E-state index is 11.4. The number of rotatable bonds is 4. The maximum Gasteiger partial charge on any atom is 0.235 e. The fourth-order valence-corrected chi connectivity index (χ4v) is 2.58. The van der Waals surface area contributed by atoms with Gasteiger partial charge in [0.15, 0.2) is 0 Å². The number of nitrogens with zero attached hydrogens (tertiary/aromatic N) is 1. The summed E-state index contributed by atoms with van der Waals surface area (Å²) in [7, 11) is -3.16. The topological polar surface area (TPSA) is 65.1 Å². The summed E-state index contributed by atoms with van der Waals surface area (Å²) in [5.74, 6) is 0. The molecule has 0 unspecified atom stereocenters. The fourth-order valence-electron chi connectivity index (χ4n) is 1.71. The first-order valence-electron chi connectivity index (χ1n) is 5.06. The maximum absolute atomic E-state index is 11.4. The van der Waals surface area contributed by atoms with Crippen molar-refractivity contribution in [2.24, 2.45) is 5.73 Å². The minimum absolute atomic E-state index is 0.0212. The van der Waals surface area contributed by atoms with E-state index in [1.165, 1.54) is 10.2 Å². The Balaban J connectivity index is 2.12. The van der Waals surface area contributed by atoms with E-state index in [0.29, 0.717) is 0 Å². The highest BCUT2D eigenvalue weighted by Gasteiger charge is 2.37. The molecule has 1 fully saturated rings. The Bertz CT molecular complexity index is 458. The van der Waals surface area contributed by atoms with Gasteiger partial charge in [0.05, 0.1) is 6.26 Å². The smallest absolute Gasteiger partial charge is 0.235 e. The molecular formula is C10H16N2O2S. The fraction of sp³-hybridized carbons (Fsp3) is 0.600. The third kappa shape index (κ3) is 2.41. The van der Waals surface area contributed by atoms with Crippen LogP contribution in [0.15, 0.2) is 18.3 Å². The molecule has 0 saturated heterocycles. The van der Waals surface area contributed by atoms with Crippen molar-refractivity contribution >= 4 is 10.0 Å². The van der Waals surface area contributed by atoms with Crippen LogP contribution in [0.5, 0.6) is 0 Å². The Morgan fingerprint density at radius 3 is 2.73 bits per heavy atom. The van der Waals surface area contributed by atoms with Crippen LogP contribution in [0.3, 0.4) is 0 Å². The number of aryl methyl sites for hydroxylation is 1. The lowest BCUT2D eigenvalue weighted by Crippen LogP contribution is -2.23. The van der Waals surface area contributed by atoms with Gasteiger partial charge >= 0.3 is 0 Å². The summed E-state index contributed by atoms with van der Waals surface area (Å²) < 4.78 is 24.1. The van der Waals surface area contributed by atoms with Crippen molar-refractivity contribution < 1.29 is 8.42 Å². The number of hydrogen-bond acceptors (Lipinski definition) is 3. The van der Waals surface area contributed by atoms with Gasteiger partial charge in [-0.15, -0.1) is 0 Å². The first-order valence-corrected chi connectivity index (χ1v) is 6.91. The predicted molar refractivity (Wildman–Crippen MR) is 59.1 cm³/mol. The number of nitrogens with two attached hydrogens (primary N) is 1. The second-order valence-corrected chi connectivity index (χ2v) is 6.28. The average Bonchev–Trinajstić information content (AvgIpc) is 2.66. The van der Waals surface area contributed by atoms with E-state index in [1.807, 2.05) is 6.07 Å². The van der Waals surface area contributed by atoms with E-state index in [0.717, 1.165) is 31.4 Å². The van der Waals surface area contributed by atoms with Crippen LogP contribution in [0.2, 0.25) is 0 Å². The summed E-state index contributed by atoms with van der Waals surface area (Å²) in [5.41, 5.74) is 6.77. The summed E-state index contributed by atoms with van der Waals surface area (Å²) in [6.45, 7) is 0. The van der Waals surface area contributed by atoms with Gasteiger partial charge in [0, 0.05) is 17.4 Å². The van der Waals surface area contributed by atoms with Crippen molar-refractivity contribution in [1.82, 2.24) is 3.97 Å². The van der Waals surface area contributed by atoms with Crippen LogP contribution < -0.4 is 5.73 Å². The summed E-state index contributed by atoms with van der Waals surface area (Å²) in [6, 6.07) is 3.60. The molecule has 84 valence electrons. The van der Waals surface area contributed by atoms with E-state index in [4.69, 9.17) is 5.73 Å². The molecule has 1 aliphatic carbocycles. The number of hydrogen-bond donors (Lipinski definition) is 1. The second kappa shape index (κ2) is 3.35. The van der Waals surface area contributed by atoms with Gasteiger partial charge in [0.25, 0.3) is 0 Å². The van der Waals surface area contributed by atoms with Crippen LogP contribution >= 0.6 is 0 Å². The largest absolute Gasteiger partial charge is 0.325 e. The predicted octanol–water partition coefficient (Wildman–Crippen LogP) is 0.720. The minimum atomic E-state index is -3.16. The second-order valence-electron chi connectivity index (χ2n) is 4.42. The third-order valence-corrected chi connectivity index (χ3v) is 3.99. The normalized spacial score (nSPS) is 19.1. The Labute approximate surface area is 90.1 Å². The van der Waals surface area contributed by atoms with Gasteiger partial charge in [-0.3, -0.25) is 3.97 Å². The van der Waals surface area contributed by atoms with Crippen LogP contribution in [-0.2, 0) is 16.4 Å². The first kappa shape index (κ1) is 10.7. The monoisotopic (exact) mass is 228 g/mol. The van der Waals surface area contributed by atoms with Gasteiger partial charge in [0.1, 0.15) is 0 Å². The molecule has 0 amide bonds. The zero-order valence-corrected chi connectivity index (χ0v) is 9.63. The van der Waals surface area contributed by atoms with Crippen LogP contribution in [0.4, 0.5) is 0 Å². The van der Waals surface area contributed by atoms with Crippen molar-refractivity contribution in [3.8, 4) is 0 Å². The summed E-state index contributed by atoms with van der Waals surface area (Å²) >= 11 is 0. The molecule has 15 heavy (non-hydrogen) atoms. The van der Waals surface area contributed by atoms with Crippen LogP contribution in [0.25, 0.3) is 0 Å². The molecule has 0 aliphatic heterocycles. The third-order valence-electron chi connectivity index (χ3n) is 2.92. The zero-order chi connectivity index (χ0) is 11.1. The average molecular weight is 228 g/mol. The van der Waals surface area contributed by atoms with Gasteiger partial charge in [-0.2, -0.15) is 0 Å². The SMILES string of the molecule is CS(=O)(=O)n1cccc1CCC1(N)CC1. The Morgan fingerprint density at radius 1 is 1.53 bits per heavy atom. The molecule has 0 bridgehead atoms. The van der Waals surface area contributed by atoms with E-state index in [2.05, 4.69) is 0 Å². The lowest BCUT2D eigenvalue weighted by molar-refractivity contribution is 0.580. The summed E-state index contributed by atoms with van der Waals surface area (Å²) in [5, 5.41) is 0. The Hall–Kier alpha value is -0.810. The molecule has 1 heterocycles. The van der Waals surface area contributed by atoms with Gasteiger partial charge in [0.2, 0.25) is 10.0 Å². The Morgan fingerprint density at radius 2 is 2.20 bits per heavy atom. The van der Waals surface area contributed by atoms with Gasteiger partial charge in [-0.25, -0.2) is 8.42 Å². The van der Waals surface area contributed by atoms with Crippen molar-refractivity contribution in [3.05, 3.63) is 24.0 Å². The molecule has 2 N–H and O–H groups in total. The lowest BCUT2D eigenvalue weighted by atomic mass is 10.1. The van der Waals surface area contributed by atoms with E-state index in [-0.39, 0.29) is 5.54 Å².